The molecule has 0 bridgehead atoms. The summed E-state index contributed by atoms with van der Waals surface area (Å²) in [6.07, 6.45) is -2.12. The molecular weight excluding hydrogens is 455 g/mol. The molecule has 1 atom stereocenters. The van der Waals surface area contributed by atoms with E-state index in [1.165, 1.54) is 17.0 Å². The lowest BCUT2D eigenvalue weighted by Crippen LogP contribution is -2.46. The molecule has 2 aromatic carbocycles. The molecule has 0 radical (unpaired) electrons. The zero-order valence-corrected chi connectivity index (χ0v) is 20.1. The summed E-state index contributed by atoms with van der Waals surface area (Å²) < 4.78 is 41.5. The number of carbonyl (C=O) groups excluding carboxylic acids is 2. The molecule has 5 nitrogen and oxygen atoms in total. The molecule has 2 amide bonds. The second-order valence-electron chi connectivity index (χ2n) is 8.61. The number of hydrogen-bond acceptors (Lipinski definition) is 2. The summed E-state index contributed by atoms with van der Waals surface area (Å²) in [5.74, 6) is -0.881. The highest BCUT2D eigenvalue weighted by Gasteiger charge is 2.32. The highest BCUT2D eigenvalue weighted by Crippen LogP contribution is 2.30. The number of alkyl halides is 3. The Kier molecular flexibility index (Phi) is 8.38. The molecule has 1 aromatic heterocycles. The molecule has 3 rings (SSSR count). The average Bonchev–Trinajstić information content (AvgIpc) is 3.25. The third kappa shape index (κ3) is 6.74. The van der Waals surface area contributed by atoms with Crippen LogP contribution in [-0.4, -0.2) is 38.8 Å². The van der Waals surface area contributed by atoms with E-state index >= 15 is 0 Å². The van der Waals surface area contributed by atoms with Crippen LogP contribution < -0.4 is 0 Å². The number of benzene rings is 2. The number of hydrogen-bond donors (Lipinski definition) is 0. The minimum Gasteiger partial charge on any atom is -0.353 e. The molecule has 3 aromatic rings. The van der Waals surface area contributed by atoms with Gasteiger partial charge in [0.15, 0.2) is 0 Å². The van der Waals surface area contributed by atoms with E-state index in [1.807, 2.05) is 67.2 Å². The summed E-state index contributed by atoms with van der Waals surface area (Å²) in [6.45, 7) is 4.10. The average molecular weight is 486 g/mol. The molecule has 0 saturated carbocycles. The smallest absolute Gasteiger partial charge is 0.353 e. The standard InChI is InChI=1S/C27H30F3N3O2/c1-4-20(2)33(26(35)22-12-8-13-23(16-22)27(28,29)30)19-25(34)32(17-21-10-6-5-7-11-21)18-24-14-9-15-31(24)3/h5-16,20H,4,17-19H2,1-3H3. The van der Waals surface area contributed by atoms with Crippen molar-refractivity contribution in [2.24, 2.45) is 7.05 Å². The quantitative estimate of drug-likeness (QED) is 0.401. The topological polar surface area (TPSA) is 45.6 Å². The van der Waals surface area contributed by atoms with Crippen molar-refractivity contribution in [2.75, 3.05) is 6.54 Å². The highest BCUT2D eigenvalue weighted by atomic mass is 19.4. The summed E-state index contributed by atoms with van der Waals surface area (Å²) in [7, 11) is 1.89. The molecule has 35 heavy (non-hydrogen) atoms. The van der Waals surface area contributed by atoms with Crippen LogP contribution in [0.3, 0.4) is 0 Å². The van der Waals surface area contributed by atoms with E-state index in [9.17, 15) is 22.8 Å². The summed E-state index contributed by atoms with van der Waals surface area (Å²) in [5, 5.41) is 0. The Balaban J connectivity index is 1.87. The molecule has 8 heteroatoms. The van der Waals surface area contributed by atoms with Gasteiger partial charge in [-0.05, 0) is 49.2 Å². The van der Waals surface area contributed by atoms with Crippen molar-refractivity contribution in [2.45, 2.75) is 45.6 Å². The van der Waals surface area contributed by atoms with E-state index in [-0.39, 0.29) is 24.1 Å². The Labute approximate surface area is 203 Å². The van der Waals surface area contributed by atoms with E-state index in [1.54, 1.807) is 11.8 Å². The molecule has 0 aliphatic heterocycles. The van der Waals surface area contributed by atoms with Crippen molar-refractivity contribution in [3.8, 4) is 0 Å². The minimum atomic E-state index is -4.56. The van der Waals surface area contributed by atoms with Crippen LogP contribution in [0.2, 0.25) is 0 Å². The summed E-state index contributed by atoms with van der Waals surface area (Å²) >= 11 is 0. The van der Waals surface area contributed by atoms with E-state index in [0.29, 0.717) is 19.5 Å². The highest BCUT2D eigenvalue weighted by molar-refractivity contribution is 5.97. The molecule has 0 aliphatic rings. The first kappa shape index (κ1) is 26.1. The lowest BCUT2D eigenvalue weighted by Gasteiger charge is -2.31. The molecule has 0 N–H and O–H groups in total. The van der Waals surface area contributed by atoms with Crippen LogP contribution in [0.25, 0.3) is 0 Å². The Morgan fingerprint density at radius 1 is 0.971 bits per heavy atom. The van der Waals surface area contributed by atoms with Gasteiger partial charge in [0.05, 0.1) is 12.1 Å². The first-order valence-electron chi connectivity index (χ1n) is 11.5. The maximum atomic E-state index is 13.5. The number of carbonyl (C=O) groups is 2. The third-order valence-corrected chi connectivity index (χ3v) is 6.10. The maximum Gasteiger partial charge on any atom is 0.416 e. The van der Waals surface area contributed by atoms with Crippen LogP contribution >= 0.6 is 0 Å². The fourth-order valence-electron chi connectivity index (χ4n) is 3.78. The van der Waals surface area contributed by atoms with Gasteiger partial charge in [0.2, 0.25) is 5.91 Å². The molecule has 0 aliphatic carbocycles. The number of halogens is 3. The van der Waals surface area contributed by atoms with E-state index in [4.69, 9.17) is 0 Å². The number of aryl methyl sites for hydroxylation is 1. The minimum absolute atomic E-state index is 0.0926. The molecule has 186 valence electrons. The van der Waals surface area contributed by atoms with Crippen LogP contribution in [0.1, 0.15) is 47.4 Å². The third-order valence-electron chi connectivity index (χ3n) is 6.10. The van der Waals surface area contributed by atoms with Gasteiger partial charge in [0.25, 0.3) is 5.91 Å². The van der Waals surface area contributed by atoms with Crippen molar-refractivity contribution < 1.29 is 22.8 Å². The van der Waals surface area contributed by atoms with Crippen molar-refractivity contribution >= 4 is 11.8 Å². The zero-order valence-electron chi connectivity index (χ0n) is 20.1. The molecule has 1 unspecified atom stereocenters. The SMILES string of the molecule is CCC(C)N(CC(=O)N(Cc1ccccc1)Cc1cccn1C)C(=O)c1cccc(C(F)(F)F)c1. The predicted octanol–water partition coefficient (Wildman–Crippen LogP) is 5.51. The van der Waals surface area contributed by atoms with Gasteiger partial charge in [-0.15, -0.1) is 0 Å². The van der Waals surface area contributed by atoms with Crippen LogP contribution in [0.5, 0.6) is 0 Å². The number of aromatic nitrogens is 1. The Morgan fingerprint density at radius 3 is 2.29 bits per heavy atom. The van der Waals surface area contributed by atoms with Gasteiger partial charge in [-0.3, -0.25) is 9.59 Å². The van der Waals surface area contributed by atoms with Crippen LogP contribution in [-0.2, 0) is 31.1 Å². The lowest BCUT2D eigenvalue weighted by molar-refractivity contribution is -0.137. The van der Waals surface area contributed by atoms with Crippen molar-refractivity contribution in [1.82, 2.24) is 14.4 Å². The number of amides is 2. The fourth-order valence-corrected chi connectivity index (χ4v) is 3.78. The van der Waals surface area contributed by atoms with E-state index in [2.05, 4.69) is 0 Å². The van der Waals surface area contributed by atoms with E-state index in [0.717, 1.165) is 23.4 Å². The summed E-state index contributed by atoms with van der Waals surface area (Å²) in [5.41, 5.74) is 0.876. The lowest BCUT2D eigenvalue weighted by atomic mass is 10.1. The summed E-state index contributed by atoms with van der Waals surface area (Å²) in [4.78, 5) is 29.8. The summed E-state index contributed by atoms with van der Waals surface area (Å²) in [6, 6.07) is 17.3. The first-order chi connectivity index (χ1) is 16.6. The largest absolute Gasteiger partial charge is 0.416 e. The van der Waals surface area contributed by atoms with Crippen molar-refractivity contribution in [3.05, 3.63) is 95.3 Å². The Morgan fingerprint density at radius 2 is 1.69 bits per heavy atom. The normalized spacial score (nSPS) is 12.3. The van der Waals surface area contributed by atoms with Gasteiger partial charge < -0.3 is 14.4 Å². The van der Waals surface area contributed by atoms with Gasteiger partial charge in [-0.2, -0.15) is 13.2 Å². The molecule has 0 fully saturated rings. The Bertz CT molecular complexity index is 1140. The second kappa shape index (κ2) is 11.3. The van der Waals surface area contributed by atoms with Gasteiger partial charge in [-0.1, -0.05) is 43.3 Å². The van der Waals surface area contributed by atoms with Gasteiger partial charge in [-0.25, -0.2) is 0 Å². The second-order valence-corrected chi connectivity index (χ2v) is 8.61. The van der Waals surface area contributed by atoms with Gasteiger partial charge in [0.1, 0.15) is 6.54 Å². The van der Waals surface area contributed by atoms with Crippen LogP contribution in [0.15, 0.2) is 72.9 Å². The van der Waals surface area contributed by atoms with E-state index < -0.39 is 17.6 Å². The van der Waals surface area contributed by atoms with Crippen LogP contribution in [0.4, 0.5) is 13.2 Å². The maximum absolute atomic E-state index is 13.5. The molecule has 0 saturated heterocycles. The molecule has 0 spiro atoms. The van der Waals surface area contributed by atoms with Crippen molar-refractivity contribution in [1.29, 1.82) is 0 Å². The molecular formula is C27H30F3N3O2. The predicted molar refractivity (Wildman–Crippen MR) is 128 cm³/mol. The fraction of sp³-hybridized carbons (Fsp3) is 0.333. The Hall–Kier alpha value is -3.55. The zero-order chi connectivity index (χ0) is 25.6. The number of rotatable bonds is 9. The monoisotopic (exact) mass is 485 g/mol. The number of nitrogens with zero attached hydrogens (tertiary/aromatic N) is 3. The van der Waals surface area contributed by atoms with Gasteiger partial charge in [0, 0.05) is 37.1 Å². The van der Waals surface area contributed by atoms with Crippen LogP contribution in [0, 0.1) is 0 Å². The van der Waals surface area contributed by atoms with Gasteiger partial charge >= 0.3 is 6.18 Å². The molecule has 1 heterocycles. The van der Waals surface area contributed by atoms with Crippen molar-refractivity contribution in [3.63, 3.8) is 0 Å². The first-order valence-corrected chi connectivity index (χ1v) is 11.5.